The SMILES string of the molecule is CCOC1(C(=O)CCCC(F)(F)F)CCCCC1. The molecule has 0 heterocycles. The van der Waals surface area contributed by atoms with Crippen LogP contribution in [0.3, 0.4) is 0 Å². The maximum absolute atomic E-state index is 12.1. The van der Waals surface area contributed by atoms with Crippen LogP contribution in [-0.2, 0) is 9.53 Å². The molecule has 1 aliphatic rings. The van der Waals surface area contributed by atoms with Gasteiger partial charge in [0, 0.05) is 19.4 Å². The summed E-state index contributed by atoms with van der Waals surface area (Å²) >= 11 is 0. The number of hydrogen-bond acceptors (Lipinski definition) is 2. The van der Waals surface area contributed by atoms with E-state index in [2.05, 4.69) is 0 Å². The number of ether oxygens (including phenoxy) is 1. The predicted octanol–water partition coefficient (Wildman–Crippen LogP) is 4.03. The number of Topliss-reactive ketones (excluding diaryl/α,β-unsaturated/α-hetero) is 1. The fraction of sp³-hybridized carbons (Fsp3) is 0.923. The minimum absolute atomic E-state index is 0.0283. The number of carbonyl (C=O) groups is 1. The van der Waals surface area contributed by atoms with Crippen LogP contribution in [-0.4, -0.2) is 24.2 Å². The predicted molar refractivity (Wildman–Crippen MR) is 62.4 cm³/mol. The van der Waals surface area contributed by atoms with Crippen LogP contribution < -0.4 is 0 Å². The molecule has 0 aromatic rings. The summed E-state index contributed by atoms with van der Waals surface area (Å²) < 4.78 is 41.7. The van der Waals surface area contributed by atoms with Gasteiger partial charge in [-0.2, -0.15) is 13.2 Å². The second kappa shape index (κ2) is 6.55. The van der Waals surface area contributed by atoms with Gasteiger partial charge in [0.15, 0.2) is 5.78 Å². The van der Waals surface area contributed by atoms with Gasteiger partial charge in [-0.1, -0.05) is 19.3 Å². The summed E-state index contributed by atoms with van der Waals surface area (Å²) in [7, 11) is 0. The molecule has 18 heavy (non-hydrogen) atoms. The van der Waals surface area contributed by atoms with E-state index in [1.807, 2.05) is 6.92 Å². The maximum Gasteiger partial charge on any atom is 0.389 e. The first-order valence-corrected chi connectivity index (χ1v) is 6.64. The molecular weight excluding hydrogens is 245 g/mol. The van der Waals surface area contributed by atoms with E-state index in [1.54, 1.807) is 0 Å². The number of ketones is 1. The molecule has 5 heteroatoms. The van der Waals surface area contributed by atoms with Crippen molar-refractivity contribution < 1.29 is 22.7 Å². The monoisotopic (exact) mass is 266 g/mol. The van der Waals surface area contributed by atoms with E-state index < -0.39 is 18.2 Å². The van der Waals surface area contributed by atoms with Crippen molar-refractivity contribution in [1.29, 1.82) is 0 Å². The molecule has 0 aromatic carbocycles. The molecule has 0 N–H and O–H groups in total. The Kier molecular flexibility index (Phi) is 5.63. The summed E-state index contributed by atoms with van der Waals surface area (Å²) in [4.78, 5) is 12.1. The highest BCUT2D eigenvalue weighted by Crippen LogP contribution is 2.34. The topological polar surface area (TPSA) is 26.3 Å². The molecule has 1 saturated carbocycles. The van der Waals surface area contributed by atoms with Crippen molar-refractivity contribution in [1.82, 2.24) is 0 Å². The molecule has 0 aliphatic heterocycles. The van der Waals surface area contributed by atoms with Crippen molar-refractivity contribution >= 4 is 5.78 Å². The molecule has 1 rings (SSSR count). The highest BCUT2D eigenvalue weighted by molar-refractivity contribution is 5.87. The Morgan fingerprint density at radius 3 is 2.33 bits per heavy atom. The fourth-order valence-corrected chi connectivity index (χ4v) is 2.58. The van der Waals surface area contributed by atoms with Gasteiger partial charge in [0.05, 0.1) is 0 Å². The third-order valence-corrected chi connectivity index (χ3v) is 3.45. The van der Waals surface area contributed by atoms with E-state index in [0.717, 1.165) is 19.3 Å². The molecule has 0 amide bonds. The minimum atomic E-state index is -4.17. The van der Waals surface area contributed by atoms with Crippen LogP contribution in [0.5, 0.6) is 0 Å². The van der Waals surface area contributed by atoms with Gasteiger partial charge in [-0.25, -0.2) is 0 Å². The lowest BCUT2D eigenvalue weighted by molar-refractivity contribution is -0.152. The number of rotatable bonds is 6. The van der Waals surface area contributed by atoms with Crippen LogP contribution in [0, 0.1) is 0 Å². The van der Waals surface area contributed by atoms with E-state index in [-0.39, 0.29) is 18.6 Å². The smallest absolute Gasteiger partial charge is 0.368 e. The highest BCUT2D eigenvalue weighted by atomic mass is 19.4. The molecule has 1 aliphatic carbocycles. The Morgan fingerprint density at radius 1 is 1.22 bits per heavy atom. The average molecular weight is 266 g/mol. The quantitative estimate of drug-likeness (QED) is 0.725. The van der Waals surface area contributed by atoms with Crippen molar-refractivity contribution in [2.24, 2.45) is 0 Å². The molecule has 0 radical (unpaired) electrons. The number of alkyl halides is 3. The van der Waals surface area contributed by atoms with Crippen LogP contribution >= 0.6 is 0 Å². The highest BCUT2D eigenvalue weighted by Gasteiger charge is 2.39. The van der Waals surface area contributed by atoms with Gasteiger partial charge in [-0.05, 0) is 26.2 Å². The molecule has 0 bridgehead atoms. The first-order valence-electron chi connectivity index (χ1n) is 6.64. The number of carbonyl (C=O) groups excluding carboxylic acids is 1. The zero-order valence-electron chi connectivity index (χ0n) is 10.8. The van der Waals surface area contributed by atoms with Crippen molar-refractivity contribution in [3.8, 4) is 0 Å². The lowest BCUT2D eigenvalue weighted by atomic mass is 9.80. The fourth-order valence-electron chi connectivity index (χ4n) is 2.58. The first-order chi connectivity index (χ1) is 8.40. The summed E-state index contributed by atoms with van der Waals surface area (Å²) in [5.41, 5.74) is -0.793. The number of halogens is 3. The summed E-state index contributed by atoms with van der Waals surface area (Å²) in [6, 6.07) is 0. The van der Waals surface area contributed by atoms with E-state index in [4.69, 9.17) is 4.74 Å². The van der Waals surface area contributed by atoms with Gasteiger partial charge >= 0.3 is 6.18 Å². The second-order valence-electron chi connectivity index (χ2n) is 4.88. The van der Waals surface area contributed by atoms with Gasteiger partial charge in [-0.3, -0.25) is 4.79 Å². The summed E-state index contributed by atoms with van der Waals surface area (Å²) in [6.07, 6.45) is -0.985. The summed E-state index contributed by atoms with van der Waals surface area (Å²) in [5, 5.41) is 0. The van der Waals surface area contributed by atoms with Gasteiger partial charge in [0.1, 0.15) is 5.60 Å². The zero-order valence-corrected chi connectivity index (χ0v) is 10.8. The van der Waals surface area contributed by atoms with E-state index >= 15 is 0 Å². The molecule has 0 aromatic heterocycles. The molecule has 1 fully saturated rings. The van der Waals surface area contributed by atoms with Crippen molar-refractivity contribution in [2.45, 2.75) is 70.1 Å². The van der Waals surface area contributed by atoms with Crippen molar-refractivity contribution in [2.75, 3.05) is 6.61 Å². The Hall–Kier alpha value is -0.580. The Morgan fingerprint density at radius 2 is 1.83 bits per heavy atom. The van der Waals surface area contributed by atoms with Crippen LogP contribution in [0.4, 0.5) is 13.2 Å². The Balaban J connectivity index is 2.49. The van der Waals surface area contributed by atoms with Crippen LogP contribution in [0.1, 0.15) is 58.3 Å². The lowest BCUT2D eigenvalue weighted by Crippen LogP contribution is -2.43. The standard InChI is InChI=1S/C13H21F3O2/c1-2-18-12(8-4-3-5-9-12)11(17)7-6-10-13(14,15)16/h2-10H2,1H3. The Labute approximate surface area is 106 Å². The van der Waals surface area contributed by atoms with Gasteiger partial charge < -0.3 is 4.74 Å². The number of hydrogen-bond donors (Lipinski definition) is 0. The van der Waals surface area contributed by atoms with Crippen LogP contribution in [0.2, 0.25) is 0 Å². The first kappa shape index (κ1) is 15.5. The normalized spacial score (nSPS) is 19.8. The van der Waals surface area contributed by atoms with Gasteiger partial charge in [0.25, 0.3) is 0 Å². The van der Waals surface area contributed by atoms with Crippen molar-refractivity contribution in [3.05, 3.63) is 0 Å². The zero-order chi connectivity index (χ0) is 13.6. The maximum atomic E-state index is 12.1. The molecule has 0 spiro atoms. The third kappa shape index (κ3) is 4.59. The lowest BCUT2D eigenvalue weighted by Gasteiger charge is -2.35. The molecule has 0 unspecified atom stereocenters. The third-order valence-electron chi connectivity index (χ3n) is 3.45. The molecule has 0 saturated heterocycles. The largest absolute Gasteiger partial charge is 0.389 e. The van der Waals surface area contributed by atoms with E-state index in [1.165, 1.54) is 0 Å². The minimum Gasteiger partial charge on any atom is -0.368 e. The van der Waals surface area contributed by atoms with Gasteiger partial charge in [0.2, 0.25) is 0 Å². The average Bonchev–Trinajstić information content (AvgIpc) is 2.29. The van der Waals surface area contributed by atoms with E-state index in [0.29, 0.717) is 19.4 Å². The molecule has 106 valence electrons. The summed E-state index contributed by atoms with van der Waals surface area (Å²) in [6.45, 7) is 2.25. The van der Waals surface area contributed by atoms with Gasteiger partial charge in [-0.15, -0.1) is 0 Å². The van der Waals surface area contributed by atoms with E-state index in [9.17, 15) is 18.0 Å². The molecule has 0 atom stereocenters. The second-order valence-corrected chi connectivity index (χ2v) is 4.88. The molecular formula is C13H21F3O2. The van der Waals surface area contributed by atoms with Crippen LogP contribution in [0.15, 0.2) is 0 Å². The van der Waals surface area contributed by atoms with Crippen LogP contribution in [0.25, 0.3) is 0 Å². The Bertz CT molecular complexity index is 262. The summed E-state index contributed by atoms with van der Waals surface area (Å²) in [5.74, 6) is -0.145. The van der Waals surface area contributed by atoms with Crippen molar-refractivity contribution in [3.63, 3.8) is 0 Å². The molecule has 2 nitrogen and oxygen atoms in total.